The highest BCUT2D eigenvalue weighted by molar-refractivity contribution is 6.31. The minimum absolute atomic E-state index is 0.195. The zero-order valence-electron chi connectivity index (χ0n) is 16.6. The lowest BCUT2D eigenvalue weighted by Gasteiger charge is -2.29. The Hall–Kier alpha value is -2.73. The van der Waals surface area contributed by atoms with Crippen molar-refractivity contribution < 1.29 is 19.8 Å². The normalized spacial score (nSPS) is 17.9. The number of rotatable bonds is 6. The Labute approximate surface area is 178 Å². The third-order valence-corrected chi connectivity index (χ3v) is 4.49. The molecule has 0 bridgehead atoms. The zero-order valence-corrected chi connectivity index (χ0v) is 17.3. The maximum Gasteiger partial charge on any atom is 0.362 e. The third-order valence-electron chi connectivity index (χ3n) is 4.26. The number of hydrogen-bond donors (Lipinski definition) is 4. The molecule has 0 spiro atoms. The Bertz CT molecular complexity index is 939. The number of carbonyl (C=O) groups is 1. The maximum atomic E-state index is 12.5. The van der Waals surface area contributed by atoms with Gasteiger partial charge in [0.2, 0.25) is 11.4 Å². The molecule has 0 saturated carbocycles. The van der Waals surface area contributed by atoms with E-state index in [0.29, 0.717) is 23.1 Å². The first-order chi connectivity index (χ1) is 14.3. The average molecular weight is 435 g/mol. The molecule has 2 unspecified atom stereocenters. The summed E-state index contributed by atoms with van der Waals surface area (Å²) in [5, 5.41) is 32.6. The topological polar surface area (TPSA) is 121 Å². The number of hydroxylamine groups is 1. The molecule has 2 amide bonds. The van der Waals surface area contributed by atoms with Crippen LogP contribution in [0.5, 0.6) is 5.75 Å². The maximum absolute atomic E-state index is 12.5. The Morgan fingerprint density at radius 2 is 1.90 bits per heavy atom. The largest absolute Gasteiger partial charge is 0.621 e. The number of ether oxygens (including phenoxy) is 1. The van der Waals surface area contributed by atoms with Crippen molar-refractivity contribution in [1.29, 1.82) is 0 Å². The van der Waals surface area contributed by atoms with Crippen LogP contribution >= 0.6 is 11.6 Å². The standard InChI is InChI=1S/C19H23ClN6O4/c1-24(2)10-5-11-30-17-9-8-13(20)12-14(17)21-19(27)22-18-23-26(29)16-7-4-3-6-15(16)25(18)28/h3-4,6-9,12,25-26H,5,10-11H2,1-2H3,(H2,21,22,23,27). The van der Waals surface area contributed by atoms with Crippen LogP contribution in [-0.4, -0.2) is 44.1 Å². The Morgan fingerprint density at radius 3 is 2.63 bits per heavy atom. The number of halogens is 1. The predicted octanol–water partition coefficient (Wildman–Crippen LogP) is 0.805. The fourth-order valence-electron chi connectivity index (χ4n) is 2.84. The van der Waals surface area contributed by atoms with E-state index in [1.807, 2.05) is 19.0 Å². The van der Waals surface area contributed by atoms with Crippen LogP contribution in [0.4, 0.5) is 21.9 Å². The number of urea groups is 1. The molecule has 3 rings (SSSR count). The molecule has 0 aliphatic carbocycles. The van der Waals surface area contributed by atoms with Crippen LogP contribution < -0.4 is 25.6 Å². The summed E-state index contributed by atoms with van der Waals surface area (Å²) in [6.07, 6.45) is 0.800. The summed E-state index contributed by atoms with van der Waals surface area (Å²) in [7, 11) is 3.94. The lowest BCUT2D eigenvalue weighted by Crippen LogP contribution is -3.15. The molecular weight excluding hydrogens is 412 g/mol. The predicted molar refractivity (Wildman–Crippen MR) is 114 cm³/mol. The molecule has 1 heterocycles. The average Bonchev–Trinajstić information content (AvgIpc) is 2.70. The van der Waals surface area contributed by atoms with Gasteiger partial charge in [0.15, 0.2) is 0 Å². The first kappa shape index (κ1) is 22.0. The van der Waals surface area contributed by atoms with Gasteiger partial charge in [-0.15, -0.1) is 0 Å². The fraction of sp³-hybridized carbons (Fsp3) is 0.263. The van der Waals surface area contributed by atoms with Gasteiger partial charge < -0.3 is 25.4 Å². The number of guanidine groups is 1. The molecule has 11 heteroatoms. The molecule has 10 nitrogen and oxygen atoms in total. The van der Waals surface area contributed by atoms with E-state index in [4.69, 9.17) is 16.3 Å². The van der Waals surface area contributed by atoms with E-state index in [1.165, 1.54) is 18.2 Å². The molecule has 2 aromatic rings. The van der Waals surface area contributed by atoms with Gasteiger partial charge >= 0.3 is 12.0 Å². The van der Waals surface area contributed by atoms with Crippen molar-refractivity contribution in [3.8, 4) is 5.75 Å². The first-order valence-corrected chi connectivity index (χ1v) is 9.65. The number of quaternary nitrogens is 2. The smallest absolute Gasteiger partial charge is 0.362 e. The van der Waals surface area contributed by atoms with Crippen molar-refractivity contribution in [1.82, 2.24) is 10.2 Å². The van der Waals surface area contributed by atoms with E-state index < -0.39 is 16.3 Å². The summed E-state index contributed by atoms with van der Waals surface area (Å²) in [5.74, 6) is 0.0957. The minimum atomic E-state index is -0.741. The second-order valence-electron chi connectivity index (χ2n) is 6.87. The number of amides is 2. The van der Waals surface area contributed by atoms with Crippen molar-refractivity contribution in [2.24, 2.45) is 5.10 Å². The van der Waals surface area contributed by atoms with Crippen LogP contribution in [0.2, 0.25) is 5.02 Å². The lowest BCUT2D eigenvalue weighted by atomic mass is 10.2. The molecule has 4 N–H and O–H groups in total. The second-order valence-corrected chi connectivity index (χ2v) is 7.30. The zero-order chi connectivity index (χ0) is 21.7. The highest BCUT2D eigenvalue weighted by Crippen LogP contribution is 2.28. The number of benzene rings is 2. The van der Waals surface area contributed by atoms with Crippen molar-refractivity contribution >= 4 is 40.7 Å². The first-order valence-electron chi connectivity index (χ1n) is 9.27. The van der Waals surface area contributed by atoms with Crippen LogP contribution in [0.1, 0.15) is 6.42 Å². The van der Waals surface area contributed by atoms with Gasteiger partial charge in [0.05, 0.1) is 12.3 Å². The Morgan fingerprint density at radius 1 is 1.17 bits per heavy atom. The third kappa shape index (κ3) is 5.45. The number of fused-ring (bicyclic) bond motifs is 1. The van der Waals surface area contributed by atoms with E-state index >= 15 is 0 Å². The van der Waals surface area contributed by atoms with Crippen LogP contribution in [-0.2, 0) is 0 Å². The summed E-state index contributed by atoms with van der Waals surface area (Å²) < 4.78 is 5.74. The summed E-state index contributed by atoms with van der Waals surface area (Å²) in [6.45, 7) is 1.31. The number of para-hydroxylation sites is 1. The molecule has 30 heavy (non-hydrogen) atoms. The summed E-state index contributed by atoms with van der Waals surface area (Å²) >= 11 is 6.04. The summed E-state index contributed by atoms with van der Waals surface area (Å²) in [4.78, 5) is 14.5. The van der Waals surface area contributed by atoms with Gasteiger partial charge in [-0.25, -0.2) is 10.1 Å². The van der Waals surface area contributed by atoms with E-state index in [-0.39, 0.29) is 17.3 Å². The van der Waals surface area contributed by atoms with Gasteiger partial charge in [-0.2, -0.15) is 5.17 Å². The van der Waals surface area contributed by atoms with Gasteiger partial charge in [-0.3, -0.25) is 5.06 Å². The fourth-order valence-corrected chi connectivity index (χ4v) is 3.01. The van der Waals surface area contributed by atoms with Gasteiger partial charge in [0.1, 0.15) is 5.75 Å². The van der Waals surface area contributed by atoms with E-state index in [0.717, 1.165) is 13.0 Å². The highest BCUT2D eigenvalue weighted by Gasteiger charge is 2.29. The van der Waals surface area contributed by atoms with Gasteiger partial charge in [-0.1, -0.05) is 23.7 Å². The number of carbonyl (C=O) groups excluding carboxylic acids is 1. The van der Waals surface area contributed by atoms with E-state index in [1.54, 1.807) is 24.3 Å². The quantitative estimate of drug-likeness (QED) is 0.396. The van der Waals surface area contributed by atoms with Crippen LogP contribution in [0, 0.1) is 10.4 Å². The monoisotopic (exact) mass is 434 g/mol. The molecule has 1 aliphatic rings. The molecule has 0 aromatic heterocycles. The molecule has 2 atom stereocenters. The van der Waals surface area contributed by atoms with Crippen LogP contribution in [0.25, 0.3) is 0 Å². The van der Waals surface area contributed by atoms with Crippen LogP contribution in [0.3, 0.4) is 0 Å². The number of anilines is 1. The molecule has 2 aromatic carbocycles. The van der Waals surface area contributed by atoms with E-state index in [9.17, 15) is 15.2 Å². The summed E-state index contributed by atoms with van der Waals surface area (Å²) in [6, 6.07) is 10.4. The number of hydrogen-bond acceptors (Lipinski definition) is 6. The lowest BCUT2D eigenvalue weighted by molar-refractivity contribution is -0.813. The Kier molecular flexibility index (Phi) is 7.21. The van der Waals surface area contributed by atoms with Crippen LogP contribution in [0.15, 0.2) is 47.6 Å². The van der Waals surface area contributed by atoms with E-state index in [2.05, 4.69) is 15.7 Å². The molecule has 160 valence electrons. The van der Waals surface area contributed by atoms with Crippen molar-refractivity contribution in [3.05, 3.63) is 57.9 Å². The van der Waals surface area contributed by atoms with Gasteiger partial charge in [-0.05, 0) is 38.7 Å². The van der Waals surface area contributed by atoms with Crippen molar-refractivity contribution in [2.45, 2.75) is 6.42 Å². The molecule has 0 fully saturated rings. The molecule has 0 radical (unpaired) electrons. The van der Waals surface area contributed by atoms with Gasteiger partial charge in [0, 0.05) is 28.8 Å². The molecular formula is C19H23ClN6O4. The van der Waals surface area contributed by atoms with Crippen molar-refractivity contribution in [2.75, 3.05) is 32.6 Å². The van der Waals surface area contributed by atoms with Gasteiger partial charge in [0.25, 0.3) is 0 Å². The SMILES string of the molecule is CN(C)CCCOc1ccc(Cl)cc1NC(=O)NC1=N[NH+]([O-])c2ccccc2[NH+]1[O-]. The molecule has 1 aliphatic heterocycles. The van der Waals surface area contributed by atoms with Crippen molar-refractivity contribution in [3.63, 3.8) is 0 Å². The molecule has 0 saturated heterocycles. The number of nitrogens with zero attached hydrogens (tertiary/aromatic N) is 2. The minimum Gasteiger partial charge on any atom is -0.621 e. The Balaban J connectivity index is 1.67. The number of nitrogens with one attached hydrogen (secondary N) is 4. The summed E-state index contributed by atoms with van der Waals surface area (Å²) in [5.41, 5.74) is 0.734. The highest BCUT2D eigenvalue weighted by atomic mass is 35.5. The second kappa shape index (κ2) is 9.85.